The molecule has 0 saturated carbocycles. The second kappa shape index (κ2) is 11.0. The number of alkyl halides is 3. The summed E-state index contributed by atoms with van der Waals surface area (Å²) in [7, 11) is 1.97. The number of benzene rings is 2. The zero-order valence-corrected chi connectivity index (χ0v) is 21.5. The number of carbonyl (C=O) groups excluding carboxylic acids is 1. The predicted octanol–water partition coefficient (Wildman–Crippen LogP) is 3.87. The van der Waals surface area contributed by atoms with E-state index in [1.165, 1.54) is 24.3 Å². The third-order valence-electron chi connectivity index (χ3n) is 6.63. The molecule has 0 bridgehead atoms. The summed E-state index contributed by atoms with van der Waals surface area (Å²) in [5, 5.41) is 10.4. The van der Waals surface area contributed by atoms with Gasteiger partial charge in [0.2, 0.25) is 5.82 Å². The van der Waals surface area contributed by atoms with E-state index in [0.717, 1.165) is 25.2 Å². The highest BCUT2D eigenvalue weighted by Gasteiger charge is 2.34. The van der Waals surface area contributed by atoms with E-state index in [9.17, 15) is 22.4 Å². The van der Waals surface area contributed by atoms with E-state index in [1.54, 1.807) is 22.7 Å². The van der Waals surface area contributed by atoms with Crippen LogP contribution in [0, 0.1) is 17.7 Å². The molecule has 3 heterocycles. The number of nitrogens with zero attached hydrogens (tertiary/aromatic N) is 5. The minimum absolute atomic E-state index is 0.0241. The molecule has 3 N–H and O–H groups in total. The molecule has 0 unspecified atom stereocenters. The fourth-order valence-corrected chi connectivity index (χ4v) is 4.38. The second-order valence-corrected chi connectivity index (χ2v) is 9.56. The van der Waals surface area contributed by atoms with Crippen LogP contribution in [0.5, 0.6) is 0 Å². The highest BCUT2D eigenvalue weighted by atomic mass is 19.4. The first-order chi connectivity index (χ1) is 19.1. The molecule has 8 nitrogen and oxygen atoms in total. The third-order valence-corrected chi connectivity index (χ3v) is 6.63. The lowest BCUT2D eigenvalue weighted by Gasteiger charge is -2.33. The van der Waals surface area contributed by atoms with Gasteiger partial charge in [-0.05, 0) is 61.0 Å². The maximum absolute atomic E-state index is 14.5. The van der Waals surface area contributed by atoms with E-state index in [4.69, 9.17) is 5.73 Å². The first-order valence-electron chi connectivity index (χ1n) is 12.4. The molecule has 0 atom stereocenters. The van der Waals surface area contributed by atoms with Gasteiger partial charge < -0.3 is 16.0 Å². The SMILES string of the molecule is CN1CCN(Cc2ccc(NC(=O)c3ccc(F)c(C#Cc4nnc5ccc(N)cn45)c3)cc2C(F)(F)F)CC1. The molecule has 40 heavy (non-hydrogen) atoms. The van der Waals surface area contributed by atoms with Crippen molar-refractivity contribution >= 4 is 22.9 Å². The largest absolute Gasteiger partial charge is 0.416 e. The lowest BCUT2D eigenvalue weighted by molar-refractivity contribution is -0.138. The summed E-state index contributed by atoms with van der Waals surface area (Å²) < 4.78 is 57.8. The normalized spacial score (nSPS) is 14.6. The van der Waals surface area contributed by atoms with Crippen molar-refractivity contribution in [3.05, 3.63) is 88.6 Å². The molecule has 206 valence electrons. The van der Waals surface area contributed by atoms with Crippen LogP contribution in [-0.4, -0.2) is 63.5 Å². The van der Waals surface area contributed by atoms with Gasteiger partial charge in [-0.1, -0.05) is 12.0 Å². The molecule has 1 aliphatic heterocycles. The van der Waals surface area contributed by atoms with Crippen LogP contribution < -0.4 is 11.1 Å². The minimum Gasteiger partial charge on any atom is -0.398 e. The summed E-state index contributed by atoms with van der Waals surface area (Å²) >= 11 is 0. The Morgan fingerprint density at radius 2 is 1.80 bits per heavy atom. The van der Waals surface area contributed by atoms with Crippen molar-refractivity contribution in [3.8, 4) is 11.8 Å². The molecule has 4 aromatic rings. The van der Waals surface area contributed by atoms with Crippen LogP contribution in [0.3, 0.4) is 0 Å². The molecule has 0 radical (unpaired) electrons. The molecular formula is C28H25F4N7O. The van der Waals surface area contributed by atoms with E-state index >= 15 is 0 Å². The average Bonchev–Trinajstić information content (AvgIpc) is 3.31. The number of pyridine rings is 1. The Bertz CT molecular complexity index is 1630. The van der Waals surface area contributed by atoms with E-state index in [1.807, 2.05) is 11.9 Å². The fraction of sp³-hybridized carbons (Fsp3) is 0.250. The Labute approximate surface area is 227 Å². The number of nitrogens with one attached hydrogen (secondary N) is 1. The molecule has 5 rings (SSSR count). The molecule has 1 aliphatic rings. The summed E-state index contributed by atoms with van der Waals surface area (Å²) in [6.45, 7) is 3.06. The van der Waals surface area contributed by atoms with Gasteiger partial charge >= 0.3 is 6.18 Å². The molecular weight excluding hydrogens is 526 g/mol. The quantitative estimate of drug-likeness (QED) is 0.296. The zero-order valence-electron chi connectivity index (χ0n) is 21.5. The Kier molecular flexibility index (Phi) is 7.42. The summed E-state index contributed by atoms with van der Waals surface area (Å²) in [6.07, 6.45) is -3.02. The standard InChI is InChI=1S/C28H25F4N7O/c1-37-10-12-38(13-11-37)16-20-2-6-22(15-23(20)28(30,31)32)34-27(40)19-3-7-24(29)18(14-19)4-8-25-35-36-26-9-5-21(33)17-39(25)26/h2-3,5-7,9,14-15,17H,10-13,16,33H2,1H3,(H,34,40). The summed E-state index contributed by atoms with van der Waals surface area (Å²) in [5.41, 5.74) is 5.99. The molecule has 0 spiro atoms. The minimum atomic E-state index is -4.60. The topological polar surface area (TPSA) is 91.8 Å². The number of amides is 1. The molecule has 1 amide bonds. The lowest BCUT2D eigenvalue weighted by Crippen LogP contribution is -2.44. The van der Waals surface area contributed by atoms with Crippen molar-refractivity contribution in [1.29, 1.82) is 0 Å². The summed E-state index contributed by atoms with van der Waals surface area (Å²) in [6, 6.07) is 10.6. The van der Waals surface area contributed by atoms with E-state index < -0.39 is 23.5 Å². The van der Waals surface area contributed by atoms with Gasteiger partial charge in [-0.25, -0.2) is 4.39 Å². The maximum atomic E-state index is 14.5. The number of hydrogen-bond acceptors (Lipinski definition) is 6. The number of nitrogens with two attached hydrogens (primary N) is 1. The first kappa shape index (κ1) is 27.1. The maximum Gasteiger partial charge on any atom is 0.416 e. The number of nitrogen functional groups attached to an aromatic ring is 1. The van der Waals surface area contributed by atoms with Crippen molar-refractivity contribution in [3.63, 3.8) is 0 Å². The van der Waals surface area contributed by atoms with E-state index in [-0.39, 0.29) is 34.7 Å². The number of likely N-dealkylation sites (N-methyl/N-ethyl adjacent to an activating group) is 1. The molecule has 2 aromatic carbocycles. The van der Waals surface area contributed by atoms with Gasteiger partial charge in [0.05, 0.1) is 11.1 Å². The molecule has 1 fully saturated rings. The van der Waals surface area contributed by atoms with E-state index in [0.29, 0.717) is 24.4 Å². The number of hydrogen-bond donors (Lipinski definition) is 2. The lowest BCUT2D eigenvalue weighted by atomic mass is 10.0. The zero-order chi connectivity index (χ0) is 28.4. The first-order valence-corrected chi connectivity index (χ1v) is 12.4. The number of anilines is 2. The second-order valence-electron chi connectivity index (χ2n) is 9.56. The van der Waals surface area contributed by atoms with Crippen molar-refractivity contribution in [2.75, 3.05) is 44.3 Å². The van der Waals surface area contributed by atoms with Crippen LogP contribution >= 0.6 is 0 Å². The highest BCUT2D eigenvalue weighted by molar-refractivity contribution is 6.04. The Hall–Kier alpha value is -4.47. The fourth-order valence-electron chi connectivity index (χ4n) is 4.38. The van der Waals surface area contributed by atoms with Crippen molar-refractivity contribution in [2.45, 2.75) is 12.7 Å². The van der Waals surface area contributed by atoms with Crippen molar-refractivity contribution < 1.29 is 22.4 Å². The van der Waals surface area contributed by atoms with E-state index in [2.05, 4.69) is 32.3 Å². The molecule has 0 aliphatic carbocycles. The van der Waals surface area contributed by atoms with Crippen molar-refractivity contribution in [1.82, 2.24) is 24.4 Å². The van der Waals surface area contributed by atoms with Crippen LogP contribution in [0.15, 0.2) is 54.7 Å². The number of halogens is 4. The Morgan fingerprint density at radius 3 is 2.55 bits per heavy atom. The summed E-state index contributed by atoms with van der Waals surface area (Å²) in [5.74, 6) is 4.19. The van der Waals surface area contributed by atoms with Crippen molar-refractivity contribution in [2.24, 2.45) is 0 Å². The van der Waals surface area contributed by atoms with Crippen LogP contribution in [0.1, 0.15) is 32.9 Å². The number of fused-ring (bicyclic) bond motifs is 1. The van der Waals surface area contributed by atoms with Gasteiger partial charge in [-0.2, -0.15) is 13.2 Å². The number of aromatic nitrogens is 3. The number of piperazine rings is 1. The van der Waals surface area contributed by atoms with Crippen LogP contribution in [0.2, 0.25) is 0 Å². The van der Waals surface area contributed by atoms with Gasteiger partial charge in [0, 0.05) is 55.9 Å². The van der Waals surface area contributed by atoms with Crippen LogP contribution in [0.4, 0.5) is 28.9 Å². The van der Waals surface area contributed by atoms with Gasteiger partial charge in [0.25, 0.3) is 5.91 Å². The Morgan fingerprint density at radius 1 is 1.02 bits per heavy atom. The van der Waals surface area contributed by atoms with Gasteiger partial charge in [0.1, 0.15) is 5.82 Å². The third kappa shape index (κ3) is 6.06. The monoisotopic (exact) mass is 551 g/mol. The number of carbonyl (C=O) groups is 1. The highest BCUT2D eigenvalue weighted by Crippen LogP contribution is 2.34. The Balaban J connectivity index is 1.35. The average molecular weight is 552 g/mol. The number of rotatable bonds is 4. The molecule has 2 aromatic heterocycles. The van der Waals surface area contributed by atoms with Gasteiger partial charge in [-0.3, -0.25) is 14.1 Å². The van der Waals surface area contributed by atoms with Gasteiger partial charge in [-0.15, -0.1) is 10.2 Å². The predicted molar refractivity (Wildman–Crippen MR) is 142 cm³/mol. The van der Waals surface area contributed by atoms with Crippen LogP contribution in [-0.2, 0) is 12.7 Å². The van der Waals surface area contributed by atoms with Crippen LogP contribution in [0.25, 0.3) is 5.65 Å². The smallest absolute Gasteiger partial charge is 0.398 e. The molecule has 1 saturated heterocycles. The molecule has 12 heteroatoms. The van der Waals surface area contributed by atoms with Gasteiger partial charge in [0.15, 0.2) is 5.65 Å². The summed E-state index contributed by atoms with van der Waals surface area (Å²) in [4.78, 5) is 17.0.